The molecule has 0 fully saturated rings. The lowest BCUT2D eigenvalue weighted by atomic mass is 9.70. The number of rotatable bonds is 11. The first kappa shape index (κ1) is 56.1. The van der Waals surface area contributed by atoms with Gasteiger partial charge in [0.1, 0.15) is 22.3 Å². The molecule has 0 bridgehead atoms. The second-order valence-electron chi connectivity index (χ2n) is 26.5. The third-order valence-electron chi connectivity index (χ3n) is 20.3. The van der Waals surface area contributed by atoms with E-state index in [0.717, 1.165) is 111 Å². The average Bonchev–Trinajstić information content (AvgIpc) is 1.49. The first-order chi connectivity index (χ1) is 45.4. The molecule has 2 aromatic heterocycles. The van der Waals surface area contributed by atoms with Gasteiger partial charge in [-0.05, 0) is 190 Å². The van der Waals surface area contributed by atoms with Crippen LogP contribution < -0.4 is 9.80 Å². The summed E-state index contributed by atoms with van der Waals surface area (Å²) in [5, 5.41) is 4.14. The van der Waals surface area contributed by atoms with Crippen LogP contribution in [0.25, 0.3) is 99.5 Å². The van der Waals surface area contributed by atoms with Crippen molar-refractivity contribution in [2.75, 3.05) is 9.80 Å². The summed E-state index contributed by atoms with van der Waals surface area (Å²) < 4.78 is 15.4. The molecule has 2 aliphatic rings. The Balaban J connectivity index is 1.05. The minimum absolute atomic E-state index is 0.335. The molecule has 17 rings (SSSR count). The quantitative estimate of drug-likeness (QED) is 0.129. The molecule has 13 aromatic carbocycles. The SMILES string of the molecule is Cc1ccc(-c2cc(N(c3ccc(C(C)C)cc3)c3cc4c(c5oc6ccccc6c35)-c3c(cc(N(c5ccc(C(C)C)cc5)c5ccc(C)c(-c6ccc(C)cc6)c5-c5ccccc5)c5c3oc3ccccc35)C43c4ccccc4-c4ccccc43)ccc2C)cc1. The van der Waals surface area contributed by atoms with Gasteiger partial charge in [0.05, 0.1) is 33.2 Å². The molecule has 0 atom stereocenters. The van der Waals surface area contributed by atoms with E-state index >= 15 is 0 Å². The van der Waals surface area contributed by atoms with Crippen molar-refractivity contribution < 1.29 is 8.83 Å². The number of hydrogen-bond donors (Lipinski definition) is 0. The topological polar surface area (TPSA) is 32.8 Å². The highest BCUT2D eigenvalue weighted by Gasteiger charge is 2.55. The Morgan fingerprint density at radius 1 is 0.312 bits per heavy atom. The maximum absolute atomic E-state index is 7.75. The van der Waals surface area contributed by atoms with Crippen LogP contribution in [0.5, 0.6) is 0 Å². The second-order valence-corrected chi connectivity index (χ2v) is 26.5. The van der Waals surface area contributed by atoms with Gasteiger partial charge in [-0.15, -0.1) is 0 Å². The van der Waals surface area contributed by atoms with Gasteiger partial charge in [-0.1, -0.05) is 239 Å². The monoisotopic (exact) mass is 1200 g/mol. The lowest BCUT2D eigenvalue weighted by molar-refractivity contribution is 0.665. The van der Waals surface area contributed by atoms with Crippen LogP contribution in [0.3, 0.4) is 0 Å². The minimum Gasteiger partial charge on any atom is -0.455 e. The van der Waals surface area contributed by atoms with Crippen LogP contribution in [0.2, 0.25) is 0 Å². The van der Waals surface area contributed by atoms with Gasteiger partial charge in [0, 0.05) is 44.5 Å². The van der Waals surface area contributed by atoms with Crippen molar-refractivity contribution in [3.63, 3.8) is 0 Å². The second kappa shape index (κ2) is 21.6. The largest absolute Gasteiger partial charge is 0.455 e. The van der Waals surface area contributed by atoms with Crippen molar-refractivity contribution in [3.05, 3.63) is 323 Å². The van der Waals surface area contributed by atoms with Crippen molar-refractivity contribution in [2.24, 2.45) is 0 Å². The molecule has 0 radical (unpaired) electrons. The van der Waals surface area contributed by atoms with E-state index in [1.54, 1.807) is 0 Å². The maximum atomic E-state index is 7.75. The molecule has 4 heteroatoms. The number of hydrogen-bond acceptors (Lipinski definition) is 4. The minimum atomic E-state index is -0.898. The molecule has 0 N–H and O–H groups in total. The summed E-state index contributed by atoms with van der Waals surface area (Å²) in [5.74, 6) is 0.689. The lowest BCUT2D eigenvalue weighted by Crippen LogP contribution is -2.26. The molecule has 2 aliphatic carbocycles. The molecule has 15 aromatic rings. The number of fused-ring (bicyclic) bond motifs is 18. The van der Waals surface area contributed by atoms with Crippen LogP contribution in [0, 0.1) is 27.7 Å². The highest BCUT2D eigenvalue weighted by molar-refractivity contribution is 6.26. The standard InChI is InChI=1S/C89H70N2O2/c1-53(2)59-40-45-64(46-41-59)90(66-44-34-57(7)71(50-66)61-36-30-55(5)31-37-61)77-51-74-85(87-83(77)69-24-14-18-28-79(69)92-87)86-75(89(74)72-26-16-12-22-67(72)68-23-13-17-27-73(68)89)52-78(84-70-25-15-19-29-80(70)93-88(84)86)91(65-47-42-60(43-48-65)54(3)4)76-49-35-58(8)81(63-38-32-56(6)33-39-63)82(76)62-20-10-9-11-21-62/h9-54H,1-8H3. The molecule has 0 saturated heterocycles. The van der Waals surface area contributed by atoms with Crippen molar-refractivity contribution in [1.29, 1.82) is 0 Å². The van der Waals surface area contributed by atoms with Gasteiger partial charge in [0.2, 0.25) is 0 Å². The van der Waals surface area contributed by atoms with Gasteiger partial charge in [-0.3, -0.25) is 0 Å². The van der Waals surface area contributed by atoms with Gasteiger partial charge >= 0.3 is 0 Å². The molecular weight excluding hydrogens is 1130 g/mol. The molecule has 0 saturated carbocycles. The van der Waals surface area contributed by atoms with Gasteiger partial charge < -0.3 is 18.6 Å². The summed E-state index contributed by atoms with van der Waals surface area (Å²) in [7, 11) is 0. The Bertz CT molecular complexity index is 5430. The average molecular weight is 1200 g/mol. The van der Waals surface area contributed by atoms with Crippen molar-refractivity contribution in [1.82, 2.24) is 0 Å². The zero-order chi connectivity index (χ0) is 63.0. The molecular formula is C89H70N2O2. The summed E-state index contributed by atoms with van der Waals surface area (Å²) in [6.07, 6.45) is 0. The van der Waals surface area contributed by atoms with Crippen LogP contribution in [0.4, 0.5) is 34.1 Å². The molecule has 4 nitrogen and oxygen atoms in total. The van der Waals surface area contributed by atoms with E-state index in [2.05, 4.69) is 332 Å². The van der Waals surface area contributed by atoms with Crippen molar-refractivity contribution in [2.45, 2.75) is 72.6 Å². The normalized spacial score (nSPS) is 12.8. The van der Waals surface area contributed by atoms with Gasteiger partial charge in [0.15, 0.2) is 0 Å². The van der Waals surface area contributed by atoms with E-state index in [1.165, 1.54) is 77.9 Å². The summed E-state index contributed by atoms with van der Waals surface area (Å²) in [6, 6.07) is 100. The first-order valence-corrected chi connectivity index (χ1v) is 32.9. The maximum Gasteiger partial charge on any atom is 0.145 e. The van der Waals surface area contributed by atoms with Crippen LogP contribution >= 0.6 is 0 Å². The predicted octanol–water partition coefficient (Wildman–Crippen LogP) is 25.2. The third kappa shape index (κ3) is 8.58. The van der Waals surface area contributed by atoms with Crippen LogP contribution in [-0.4, -0.2) is 0 Å². The highest BCUT2D eigenvalue weighted by atomic mass is 16.3. The fraction of sp³-hybridized carbons (Fsp3) is 0.124. The zero-order valence-electron chi connectivity index (χ0n) is 53.8. The van der Waals surface area contributed by atoms with Gasteiger partial charge in [-0.25, -0.2) is 0 Å². The number of benzene rings is 13. The summed E-state index contributed by atoms with van der Waals surface area (Å²) in [5.41, 5.74) is 32.3. The fourth-order valence-corrected chi connectivity index (χ4v) is 15.7. The Labute approximate surface area is 544 Å². The van der Waals surface area contributed by atoms with Crippen LogP contribution in [0.15, 0.2) is 276 Å². The van der Waals surface area contributed by atoms with Gasteiger partial charge in [-0.2, -0.15) is 0 Å². The van der Waals surface area contributed by atoms with E-state index in [1.807, 2.05) is 0 Å². The van der Waals surface area contributed by atoms with E-state index < -0.39 is 5.41 Å². The molecule has 0 amide bonds. The lowest BCUT2D eigenvalue weighted by Gasteiger charge is -2.34. The zero-order valence-corrected chi connectivity index (χ0v) is 53.8. The molecule has 448 valence electrons. The van der Waals surface area contributed by atoms with E-state index in [0.29, 0.717) is 11.8 Å². The number of anilines is 6. The van der Waals surface area contributed by atoms with Crippen LogP contribution in [-0.2, 0) is 5.41 Å². The number of nitrogens with zero attached hydrogens (tertiary/aromatic N) is 2. The Morgan fingerprint density at radius 2 is 0.753 bits per heavy atom. The Hall–Kier alpha value is -10.9. The molecule has 2 heterocycles. The van der Waals surface area contributed by atoms with E-state index in [4.69, 9.17) is 8.83 Å². The summed E-state index contributed by atoms with van der Waals surface area (Å²) in [6.45, 7) is 17.9. The summed E-state index contributed by atoms with van der Waals surface area (Å²) >= 11 is 0. The molecule has 1 spiro atoms. The Morgan fingerprint density at radius 3 is 1.29 bits per heavy atom. The number of aryl methyl sites for hydroxylation is 4. The molecule has 93 heavy (non-hydrogen) atoms. The fourth-order valence-electron chi connectivity index (χ4n) is 15.7. The molecule has 0 unspecified atom stereocenters. The third-order valence-corrected chi connectivity index (χ3v) is 20.3. The molecule has 0 aliphatic heterocycles. The number of para-hydroxylation sites is 2. The van der Waals surface area contributed by atoms with Crippen LogP contribution in [0.1, 0.15) is 95.2 Å². The Kier molecular flexibility index (Phi) is 13.0. The first-order valence-electron chi connectivity index (χ1n) is 32.9. The van der Waals surface area contributed by atoms with E-state index in [9.17, 15) is 0 Å². The predicted molar refractivity (Wildman–Crippen MR) is 390 cm³/mol. The number of furan rings is 2. The smallest absolute Gasteiger partial charge is 0.145 e. The van der Waals surface area contributed by atoms with E-state index in [-0.39, 0.29) is 0 Å². The van der Waals surface area contributed by atoms with Crippen molar-refractivity contribution >= 4 is 78.0 Å². The van der Waals surface area contributed by atoms with Gasteiger partial charge in [0.25, 0.3) is 0 Å². The van der Waals surface area contributed by atoms with Crippen molar-refractivity contribution in [3.8, 4) is 55.6 Å². The summed E-state index contributed by atoms with van der Waals surface area (Å²) in [4.78, 5) is 5.07. The highest BCUT2D eigenvalue weighted by Crippen LogP contribution is 2.68.